The summed E-state index contributed by atoms with van der Waals surface area (Å²) in [5.41, 5.74) is 7.92. The molecule has 0 atom stereocenters. The third kappa shape index (κ3) is 2.21. The smallest absolute Gasteiger partial charge is 0.295 e. The number of rotatable bonds is 4. The average molecular weight is 205 g/mol. The van der Waals surface area contributed by atoms with Crippen molar-refractivity contribution in [2.75, 3.05) is 17.6 Å². The standard InChI is InChI=1S/C11H15N3O/c1-2-3-6-13-11-14-9-7-8(12)4-5-10(9)15-11/h4-5,7H,2-3,6,12H2,1H3,(H,13,14). The minimum atomic E-state index is 0.573. The van der Waals surface area contributed by atoms with Crippen molar-refractivity contribution in [3.8, 4) is 0 Å². The fourth-order valence-corrected chi connectivity index (χ4v) is 1.39. The van der Waals surface area contributed by atoms with Gasteiger partial charge in [0.25, 0.3) is 6.01 Å². The molecule has 0 aliphatic rings. The molecule has 15 heavy (non-hydrogen) atoms. The Labute approximate surface area is 88.5 Å². The lowest BCUT2D eigenvalue weighted by molar-refractivity contribution is 0.611. The van der Waals surface area contributed by atoms with Crippen LogP contribution < -0.4 is 11.1 Å². The molecule has 0 bridgehead atoms. The van der Waals surface area contributed by atoms with Gasteiger partial charge in [0, 0.05) is 12.2 Å². The normalized spacial score (nSPS) is 10.7. The van der Waals surface area contributed by atoms with Gasteiger partial charge >= 0.3 is 0 Å². The Bertz CT molecular complexity index is 450. The van der Waals surface area contributed by atoms with Crippen molar-refractivity contribution in [2.24, 2.45) is 0 Å². The lowest BCUT2D eigenvalue weighted by atomic mass is 10.3. The molecule has 4 heteroatoms. The number of hydrogen-bond donors (Lipinski definition) is 2. The number of hydrogen-bond acceptors (Lipinski definition) is 4. The molecule has 3 N–H and O–H groups in total. The number of unbranched alkanes of at least 4 members (excludes halogenated alkanes) is 1. The quantitative estimate of drug-likeness (QED) is 0.595. The van der Waals surface area contributed by atoms with E-state index in [9.17, 15) is 0 Å². The van der Waals surface area contributed by atoms with Crippen molar-refractivity contribution in [1.29, 1.82) is 0 Å². The van der Waals surface area contributed by atoms with E-state index >= 15 is 0 Å². The molecule has 0 spiro atoms. The van der Waals surface area contributed by atoms with E-state index in [-0.39, 0.29) is 0 Å². The van der Waals surface area contributed by atoms with Crippen molar-refractivity contribution < 1.29 is 4.42 Å². The highest BCUT2D eigenvalue weighted by molar-refractivity contribution is 5.78. The lowest BCUT2D eigenvalue weighted by Gasteiger charge is -1.97. The van der Waals surface area contributed by atoms with Crippen LogP contribution in [0.4, 0.5) is 11.7 Å². The third-order valence-electron chi connectivity index (χ3n) is 2.22. The number of nitrogens with two attached hydrogens (primary N) is 1. The predicted octanol–water partition coefficient (Wildman–Crippen LogP) is 2.62. The van der Waals surface area contributed by atoms with E-state index in [1.54, 1.807) is 0 Å². The van der Waals surface area contributed by atoms with Crippen LogP contribution in [0.25, 0.3) is 11.1 Å². The van der Waals surface area contributed by atoms with Gasteiger partial charge in [0.2, 0.25) is 0 Å². The highest BCUT2D eigenvalue weighted by Crippen LogP contribution is 2.20. The van der Waals surface area contributed by atoms with Crippen molar-refractivity contribution >= 4 is 22.8 Å². The van der Waals surface area contributed by atoms with E-state index in [1.807, 2.05) is 18.2 Å². The Hall–Kier alpha value is -1.71. The van der Waals surface area contributed by atoms with Crippen molar-refractivity contribution in [3.63, 3.8) is 0 Å². The zero-order chi connectivity index (χ0) is 10.7. The van der Waals surface area contributed by atoms with E-state index in [4.69, 9.17) is 10.2 Å². The molecule has 2 aromatic rings. The molecule has 2 rings (SSSR count). The van der Waals surface area contributed by atoms with Crippen LogP contribution in [0.1, 0.15) is 19.8 Å². The molecule has 0 radical (unpaired) electrons. The van der Waals surface area contributed by atoms with E-state index in [0.29, 0.717) is 11.7 Å². The minimum Gasteiger partial charge on any atom is -0.424 e. The van der Waals surface area contributed by atoms with Crippen LogP contribution in [0.2, 0.25) is 0 Å². The first kappa shape index (κ1) is 9.83. The molecule has 0 fully saturated rings. The summed E-state index contributed by atoms with van der Waals surface area (Å²) in [6.07, 6.45) is 2.26. The van der Waals surface area contributed by atoms with Crippen LogP contribution in [-0.2, 0) is 0 Å². The molecule has 80 valence electrons. The summed E-state index contributed by atoms with van der Waals surface area (Å²) >= 11 is 0. The molecule has 0 saturated heterocycles. The Morgan fingerprint density at radius 1 is 1.47 bits per heavy atom. The van der Waals surface area contributed by atoms with Gasteiger partial charge in [0.05, 0.1) is 0 Å². The predicted molar refractivity (Wildman–Crippen MR) is 61.8 cm³/mol. The molecule has 1 aromatic heterocycles. The number of benzene rings is 1. The molecule has 1 aromatic carbocycles. The lowest BCUT2D eigenvalue weighted by Crippen LogP contribution is -2.00. The average Bonchev–Trinajstić information content (AvgIpc) is 2.60. The molecule has 0 aliphatic heterocycles. The molecular weight excluding hydrogens is 190 g/mol. The van der Waals surface area contributed by atoms with Gasteiger partial charge < -0.3 is 15.5 Å². The number of nitrogens with one attached hydrogen (secondary N) is 1. The third-order valence-corrected chi connectivity index (χ3v) is 2.22. The minimum absolute atomic E-state index is 0.573. The molecule has 0 amide bonds. The second-order valence-corrected chi connectivity index (χ2v) is 3.53. The maximum absolute atomic E-state index is 5.65. The highest BCUT2D eigenvalue weighted by atomic mass is 16.4. The summed E-state index contributed by atoms with van der Waals surface area (Å²) in [6, 6.07) is 6.03. The van der Waals surface area contributed by atoms with Crippen LogP contribution in [0.5, 0.6) is 0 Å². The van der Waals surface area contributed by atoms with Gasteiger partial charge in [0.1, 0.15) is 5.52 Å². The summed E-state index contributed by atoms with van der Waals surface area (Å²) in [6.45, 7) is 3.03. The zero-order valence-corrected chi connectivity index (χ0v) is 8.79. The molecular formula is C11H15N3O. The zero-order valence-electron chi connectivity index (χ0n) is 8.79. The molecule has 0 saturated carbocycles. The van der Waals surface area contributed by atoms with Crippen molar-refractivity contribution in [2.45, 2.75) is 19.8 Å². The number of nitrogen functional groups attached to an aromatic ring is 1. The summed E-state index contributed by atoms with van der Waals surface area (Å²) in [5, 5.41) is 3.14. The van der Waals surface area contributed by atoms with E-state index in [1.165, 1.54) is 0 Å². The molecule has 4 nitrogen and oxygen atoms in total. The van der Waals surface area contributed by atoms with Gasteiger partial charge in [0.15, 0.2) is 5.58 Å². The van der Waals surface area contributed by atoms with Gasteiger partial charge in [-0.2, -0.15) is 4.98 Å². The Kier molecular flexibility index (Phi) is 2.76. The van der Waals surface area contributed by atoms with Crippen molar-refractivity contribution in [1.82, 2.24) is 4.98 Å². The SMILES string of the molecule is CCCCNc1nc2cc(N)ccc2o1. The molecule has 0 aliphatic carbocycles. The topological polar surface area (TPSA) is 64.1 Å². The van der Waals surface area contributed by atoms with Gasteiger partial charge in [-0.1, -0.05) is 13.3 Å². The number of aromatic nitrogens is 1. The van der Waals surface area contributed by atoms with E-state index < -0.39 is 0 Å². The fraction of sp³-hybridized carbons (Fsp3) is 0.364. The fourth-order valence-electron chi connectivity index (χ4n) is 1.39. The maximum Gasteiger partial charge on any atom is 0.295 e. The van der Waals surface area contributed by atoms with Crippen LogP contribution in [0.3, 0.4) is 0 Å². The van der Waals surface area contributed by atoms with Gasteiger partial charge in [-0.05, 0) is 24.6 Å². The van der Waals surface area contributed by atoms with Crippen molar-refractivity contribution in [3.05, 3.63) is 18.2 Å². The van der Waals surface area contributed by atoms with Gasteiger partial charge in [-0.3, -0.25) is 0 Å². The second kappa shape index (κ2) is 4.21. The summed E-state index contributed by atoms with van der Waals surface area (Å²) in [4.78, 5) is 4.29. The summed E-state index contributed by atoms with van der Waals surface area (Å²) in [7, 11) is 0. The molecule has 0 unspecified atom stereocenters. The number of anilines is 2. The summed E-state index contributed by atoms with van der Waals surface area (Å²) < 4.78 is 5.49. The first-order valence-corrected chi connectivity index (χ1v) is 5.19. The van der Waals surface area contributed by atoms with Gasteiger partial charge in [-0.25, -0.2) is 0 Å². The van der Waals surface area contributed by atoms with Crippen LogP contribution in [0.15, 0.2) is 22.6 Å². The monoisotopic (exact) mass is 205 g/mol. The largest absolute Gasteiger partial charge is 0.424 e. The number of nitrogens with zero attached hydrogens (tertiary/aromatic N) is 1. The summed E-state index contributed by atoms with van der Waals surface area (Å²) in [5.74, 6) is 0. The Balaban J connectivity index is 2.16. The van der Waals surface area contributed by atoms with Gasteiger partial charge in [-0.15, -0.1) is 0 Å². The van der Waals surface area contributed by atoms with Crippen LogP contribution >= 0.6 is 0 Å². The van der Waals surface area contributed by atoms with Crippen LogP contribution in [0, 0.1) is 0 Å². The first-order valence-electron chi connectivity index (χ1n) is 5.19. The second-order valence-electron chi connectivity index (χ2n) is 3.53. The van der Waals surface area contributed by atoms with E-state index in [2.05, 4.69) is 17.2 Å². The Morgan fingerprint density at radius 3 is 3.13 bits per heavy atom. The van der Waals surface area contributed by atoms with E-state index in [0.717, 1.165) is 30.5 Å². The Morgan fingerprint density at radius 2 is 2.33 bits per heavy atom. The highest BCUT2D eigenvalue weighted by Gasteiger charge is 2.04. The first-order chi connectivity index (χ1) is 7.29. The maximum atomic E-state index is 5.65. The molecule has 1 heterocycles. The van der Waals surface area contributed by atoms with Crippen LogP contribution in [-0.4, -0.2) is 11.5 Å². The number of fused-ring (bicyclic) bond motifs is 1. The number of oxazole rings is 1.